The summed E-state index contributed by atoms with van der Waals surface area (Å²) in [6, 6.07) is 9.72. The van der Waals surface area contributed by atoms with Gasteiger partial charge in [-0.15, -0.1) is 11.3 Å². The van der Waals surface area contributed by atoms with Crippen molar-refractivity contribution in [2.24, 2.45) is 0 Å². The van der Waals surface area contributed by atoms with Crippen LogP contribution in [0, 0.1) is 0 Å². The lowest BCUT2D eigenvalue weighted by molar-refractivity contribution is -0.119. The molecule has 1 fully saturated rings. The van der Waals surface area contributed by atoms with E-state index >= 15 is 0 Å². The molecule has 3 aromatic rings. The molecule has 0 radical (unpaired) electrons. The molecule has 4 rings (SSSR count). The van der Waals surface area contributed by atoms with Crippen molar-refractivity contribution < 1.29 is 9.53 Å². The molecular weight excluding hydrogens is 422 g/mol. The van der Waals surface area contributed by atoms with Gasteiger partial charge in [0.1, 0.15) is 10.4 Å². The highest BCUT2D eigenvalue weighted by Gasteiger charge is 2.22. The number of hydrogen-bond acceptors (Lipinski definition) is 8. The Labute approximate surface area is 182 Å². The Morgan fingerprint density at radius 3 is 3.03 bits per heavy atom. The summed E-state index contributed by atoms with van der Waals surface area (Å²) in [4.78, 5) is 30.1. The molecule has 1 amide bonds. The Morgan fingerprint density at radius 2 is 2.27 bits per heavy atom. The molecule has 0 spiro atoms. The van der Waals surface area contributed by atoms with Gasteiger partial charge in [-0.25, -0.2) is 10.4 Å². The molecule has 2 aromatic heterocycles. The van der Waals surface area contributed by atoms with Crippen LogP contribution in [0.5, 0.6) is 5.75 Å². The lowest BCUT2D eigenvalue weighted by atomic mass is 10.2. The standard InChI is InChI=1S/C20H23N5O3S2/c1-12-8-16(24-23-12)22-17(26)11-30-20-21-15-6-7-29-18(15)19(27)25(20)10-13-4-3-5-14(9-13)28-2/h3-7,9,12,16,23-24H,8,10-11H2,1-2H3,(H,22,26). The van der Waals surface area contributed by atoms with E-state index in [0.717, 1.165) is 17.7 Å². The first-order chi connectivity index (χ1) is 14.5. The van der Waals surface area contributed by atoms with E-state index in [2.05, 4.69) is 21.2 Å². The quantitative estimate of drug-likeness (QED) is 0.378. The van der Waals surface area contributed by atoms with Gasteiger partial charge in [-0.2, -0.15) is 0 Å². The Bertz CT molecular complexity index is 1110. The molecule has 158 valence electrons. The highest BCUT2D eigenvalue weighted by molar-refractivity contribution is 7.99. The Hall–Kier alpha value is -2.40. The van der Waals surface area contributed by atoms with Gasteiger partial charge in [0.2, 0.25) is 5.91 Å². The van der Waals surface area contributed by atoms with Crippen LogP contribution >= 0.6 is 23.1 Å². The van der Waals surface area contributed by atoms with E-state index < -0.39 is 0 Å². The van der Waals surface area contributed by atoms with E-state index in [1.165, 1.54) is 23.1 Å². The van der Waals surface area contributed by atoms with Crippen molar-refractivity contribution in [2.75, 3.05) is 12.9 Å². The van der Waals surface area contributed by atoms with Crippen molar-refractivity contribution in [1.82, 2.24) is 25.7 Å². The molecule has 2 unspecified atom stereocenters. The molecule has 30 heavy (non-hydrogen) atoms. The lowest BCUT2D eigenvalue weighted by Crippen LogP contribution is -2.45. The zero-order valence-corrected chi connectivity index (χ0v) is 18.3. The van der Waals surface area contributed by atoms with Crippen LogP contribution in [0.1, 0.15) is 18.9 Å². The molecular formula is C20H23N5O3S2. The number of rotatable bonds is 7. The fourth-order valence-electron chi connectivity index (χ4n) is 3.30. The Kier molecular flexibility index (Phi) is 6.38. The fourth-order valence-corrected chi connectivity index (χ4v) is 4.89. The number of carbonyl (C=O) groups excluding carboxylic acids is 1. The second-order valence-corrected chi connectivity index (χ2v) is 8.96. The zero-order valence-electron chi connectivity index (χ0n) is 16.7. The molecule has 1 aromatic carbocycles. The number of hydrogen-bond donors (Lipinski definition) is 3. The number of thiophene rings is 1. The number of methoxy groups -OCH3 is 1. The number of amides is 1. The second kappa shape index (κ2) is 9.17. The van der Waals surface area contributed by atoms with Gasteiger partial charge in [-0.3, -0.25) is 19.6 Å². The van der Waals surface area contributed by atoms with E-state index in [-0.39, 0.29) is 23.4 Å². The van der Waals surface area contributed by atoms with Crippen LogP contribution in [0.2, 0.25) is 0 Å². The molecule has 3 heterocycles. The predicted octanol–water partition coefficient (Wildman–Crippen LogP) is 1.94. The molecule has 0 bridgehead atoms. The minimum atomic E-state index is -0.110. The van der Waals surface area contributed by atoms with Crippen molar-refractivity contribution in [3.05, 3.63) is 51.6 Å². The van der Waals surface area contributed by atoms with Crippen LogP contribution in [0.4, 0.5) is 0 Å². The molecule has 1 saturated heterocycles. The minimum absolute atomic E-state index is 0.0978. The predicted molar refractivity (Wildman–Crippen MR) is 119 cm³/mol. The van der Waals surface area contributed by atoms with Crippen molar-refractivity contribution >= 4 is 39.2 Å². The molecule has 8 nitrogen and oxygen atoms in total. The molecule has 1 aliphatic rings. The highest BCUT2D eigenvalue weighted by Crippen LogP contribution is 2.22. The van der Waals surface area contributed by atoms with Crippen LogP contribution in [0.25, 0.3) is 10.2 Å². The summed E-state index contributed by atoms with van der Waals surface area (Å²) < 4.78 is 7.53. The largest absolute Gasteiger partial charge is 0.497 e. The summed E-state index contributed by atoms with van der Waals surface area (Å²) >= 11 is 2.64. The van der Waals surface area contributed by atoms with Gasteiger partial charge in [0.25, 0.3) is 5.56 Å². The van der Waals surface area contributed by atoms with Crippen LogP contribution in [0.3, 0.4) is 0 Å². The smallest absolute Gasteiger partial charge is 0.272 e. The number of nitrogens with zero attached hydrogens (tertiary/aromatic N) is 2. The second-order valence-electron chi connectivity index (χ2n) is 7.11. The number of ether oxygens (including phenoxy) is 1. The zero-order chi connectivity index (χ0) is 21.1. The summed E-state index contributed by atoms with van der Waals surface area (Å²) in [6.07, 6.45) is 0.718. The summed E-state index contributed by atoms with van der Waals surface area (Å²) in [5, 5.41) is 5.33. The third kappa shape index (κ3) is 4.67. The van der Waals surface area contributed by atoms with Gasteiger partial charge >= 0.3 is 0 Å². The third-order valence-electron chi connectivity index (χ3n) is 4.77. The Morgan fingerprint density at radius 1 is 1.40 bits per heavy atom. The first kappa shape index (κ1) is 20.9. The molecule has 2 atom stereocenters. The normalized spacial score (nSPS) is 18.6. The van der Waals surface area contributed by atoms with Crippen molar-refractivity contribution in [3.8, 4) is 5.75 Å². The van der Waals surface area contributed by atoms with Crippen LogP contribution in [-0.2, 0) is 11.3 Å². The third-order valence-corrected chi connectivity index (χ3v) is 6.63. The summed E-state index contributed by atoms with van der Waals surface area (Å²) in [5.74, 6) is 0.791. The van der Waals surface area contributed by atoms with E-state index in [4.69, 9.17) is 4.74 Å². The maximum Gasteiger partial charge on any atom is 0.272 e. The van der Waals surface area contributed by atoms with Gasteiger partial charge in [-0.05, 0) is 42.5 Å². The van der Waals surface area contributed by atoms with Gasteiger partial charge in [0.05, 0.1) is 31.1 Å². The number of hydrazine groups is 1. The fraction of sp³-hybridized carbons (Fsp3) is 0.350. The van der Waals surface area contributed by atoms with E-state index in [9.17, 15) is 9.59 Å². The summed E-state index contributed by atoms with van der Waals surface area (Å²) in [5.41, 5.74) is 7.61. The maximum atomic E-state index is 13.1. The number of aromatic nitrogens is 2. The van der Waals surface area contributed by atoms with Crippen molar-refractivity contribution in [1.29, 1.82) is 0 Å². The number of thioether (sulfide) groups is 1. The number of benzene rings is 1. The minimum Gasteiger partial charge on any atom is -0.497 e. The summed E-state index contributed by atoms with van der Waals surface area (Å²) in [6.45, 7) is 2.40. The van der Waals surface area contributed by atoms with Crippen LogP contribution in [0.15, 0.2) is 45.7 Å². The molecule has 3 N–H and O–H groups in total. The first-order valence-corrected chi connectivity index (χ1v) is 11.4. The number of nitrogens with one attached hydrogen (secondary N) is 3. The average molecular weight is 446 g/mol. The number of fused-ring (bicyclic) bond motifs is 1. The molecule has 0 saturated carbocycles. The van der Waals surface area contributed by atoms with Gasteiger partial charge in [0, 0.05) is 6.04 Å². The topological polar surface area (TPSA) is 97.3 Å². The SMILES string of the molecule is COc1cccc(Cn2c(SCC(=O)NC3CC(C)NN3)nc3ccsc3c2=O)c1. The molecule has 1 aliphatic heterocycles. The van der Waals surface area contributed by atoms with Crippen LogP contribution < -0.4 is 26.5 Å². The van der Waals surface area contributed by atoms with Crippen LogP contribution in [-0.4, -0.2) is 40.5 Å². The highest BCUT2D eigenvalue weighted by atomic mass is 32.2. The molecule has 10 heteroatoms. The van der Waals surface area contributed by atoms with E-state index in [0.29, 0.717) is 28.0 Å². The van der Waals surface area contributed by atoms with Crippen molar-refractivity contribution in [3.63, 3.8) is 0 Å². The van der Waals surface area contributed by atoms with Gasteiger partial charge < -0.3 is 10.1 Å². The average Bonchev–Trinajstić information content (AvgIpc) is 3.37. The van der Waals surface area contributed by atoms with Crippen molar-refractivity contribution in [2.45, 2.75) is 37.3 Å². The summed E-state index contributed by atoms with van der Waals surface area (Å²) in [7, 11) is 1.61. The molecule has 0 aliphatic carbocycles. The van der Waals surface area contributed by atoms with E-state index in [1.54, 1.807) is 11.7 Å². The van der Waals surface area contributed by atoms with Gasteiger partial charge in [0.15, 0.2) is 5.16 Å². The van der Waals surface area contributed by atoms with E-state index in [1.807, 2.05) is 42.6 Å². The first-order valence-electron chi connectivity index (χ1n) is 9.57. The Balaban J connectivity index is 1.56. The lowest BCUT2D eigenvalue weighted by Gasteiger charge is -2.14. The maximum absolute atomic E-state index is 13.1. The van der Waals surface area contributed by atoms with Gasteiger partial charge in [-0.1, -0.05) is 23.9 Å². The number of carbonyl (C=O) groups is 1. The monoisotopic (exact) mass is 445 g/mol.